The van der Waals surface area contributed by atoms with Gasteiger partial charge in [-0.2, -0.15) is 0 Å². The highest BCUT2D eigenvalue weighted by Gasteiger charge is 2.09. The second-order valence-electron chi connectivity index (χ2n) is 3.23. The number of nitrogens with zero attached hydrogens (tertiary/aromatic N) is 1. The Bertz CT molecular complexity index is 414. The maximum absolute atomic E-state index is 11.2. The molecule has 0 aromatic carbocycles. The predicted molar refractivity (Wildman–Crippen MR) is 54.8 cm³/mol. The Morgan fingerprint density at radius 2 is 2.33 bits per heavy atom. The third-order valence-corrected chi connectivity index (χ3v) is 1.63. The maximum atomic E-state index is 11.2. The van der Waals surface area contributed by atoms with Crippen LogP contribution in [0.25, 0.3) is 0 Å². The lowest BCUT2D eigenvalue weighted by molar-refractivity contribution is -0.146. The lowest BCUT2D eigenvalue weighted by atomic mass is 10.4. The Kier molecular flexibility index (Phi) is 3.85. The minimum Gasteiger partial charge on any atom is -0.463 e. The Labute approximate surface area is 91.4 Å². The van der Waals surface area contributed by atoms with Gasteiger partial charge in [0.15, 0.2) is 0 Å². The fraction of sp³-hybridized carbons (Fsp3) is 0.444. The van der Waals surface area contributed by atoms with Crippen LogP contribution in [0.2, 0.25) is 5.15 Å². The normalized spacial score (nSPS) is 10.4. The summed E-state index contributed by atoms with van der Waals surface area (Å²) in [5.41, 5.74) is -0.387. The van der Waals surface area contributed by atoms with Crippen LogP contribution in [-0.2, 0) is 16.0 Å². The van der Waals surface area contributed by atoms with Gasteiger partial charge in [-0.3, -0.25) is 9.59 Å². The van der Waals surface area contributed by atoms with E-state index in [1.807, 2.05) is 0 Å². The molecule has 0 aliphatic heterocycles. The lowest BCUT2D eigenvalue weighted by Crippen LogP contribution is -2.18. The highest BCUT2D eigenvalue weighted by molar-refractivity contribution is 6.29. The zero-order valence-electron chi connectivity index (χ0n) is 8.41. The maximum Gasteiger partial charge on any atom is 0.313 e. The van der Waals surface area contributed by atoms with Crippen molar-refractivity contribution in [3.63, 3.8) is 0 Å². The number of ether oxygens (including phenoxy) is 1. The molecule has 0 fully saturated rings. The summed E-state index contributed by atoms with van der Waals surface area (Å²) in [4.78, 5) is 28.4. The average molecular weight is 231 g/mol. The van der Waals surface area contributed by atoms with Crippen molar-refractivity contribution in [2.45, 2.75) is 26.4 Å². The molecule has 1 N–H and O–H groups in total. The Balaban J connectivity index is 2.72. The largest absolute Gasteiger partial charge is 0.463 e. The van der Waals surface area contributed by atoms with Gasteiger partial charge in [0.2, 0.25) is 0 Å². The van der Waals surface area contributed by atoms with Crippen molar-refractivity contribution in [1.29, 1.82) is 0 Å². The van der Waals surface area contributed by atoms with E-state index in [1.54, 1.807) is 13.8 Å². The summed E-state index contributed by atoms with van der Waals surface area (Å²) in [6, 6.07) is 1.14. The summed E-state index contributed by atoms with van der Waals surface area (Å²) in [5, 5.41) is 0.0612. The zero-order valence-corrected chi connectivity index (χ0v) is 9.17. The molecular formula is C9H11ClN2O3. The zero-order chi connectivity index (χ0) is 11.4. The Hall–Kier alpha value is -1.36. The van der Waals surface area contributed by atoms with Gasteiger partial charge >= 0.3 is 5.97 Å². The van der Waals surface area contributed by atoms with E-state index in [1.165, 1.54) is 0 Å². The second kappa shape index (κ2) is 4.93. The molecule has 0 saturated heterocycles. The van der Waals surface area contributed by atoms with E-state index in [9.17, 15) is 9.59 Å². The van der Waals surface area contributed by atoms with Gasteiger partial charge in [0.1, 0.15) is 17.4 Å². The van der Waals surface area contributed by atoms with Crippen molar-refractivity contribution >= 4 is 17.6 Å². The smallest absolute Gasteiger partial charge is 0.313 e. The number of rotatable bonds is 3. The van der Waals surface area contributed by atoms with Gasteiger partial charge in [-0.25, -0.2) is 4.98 Å². The summed E-state index contributed by atoms with van der Waals surface area (Å²) in [6.45, 7) is 3.48. The lowest BCUT2D eigenvalue weighted by Gasteiger charge is -2.06. The van der Waals surface area contributed by atoms with Gasteiger partial charge in [-0.1, -0.05) is 11.6 Å². The molecule has 0 amide bonds. The van der Waals surface area contributed by atoms with E-state index in [0.29, 0.717) is 0 Å². The minimum absolute atomic E-state index is 0.0612. The first-order chi connectivity index (χ1) is 6.97. The van der Waals surface area contributed by atoms with Crippen molar-refractivity contribution < 1.29 is 9.53 Å². The van der Waals surface area contributed by atoms with E-state index < -0.39 is 5.97 Å². The molecule has 0 bridgehead atoms. The monoisotopic (exact) mass is 230 g/mol. The summed E-state index contributed by atoms with van der Waals surface area (Å²) >= 11 is 5.56. The van der Waals surface area contributed by atoms with E-state index in [4.69, 9.17) is 16.3 Å². The number of aromatic amines is 1. The number of hydrogen-bond donors (Lipinski definition) is 1. The number of nitrogens with one attached hydrogen (secondary N) is 1. The molecule has 1 aromatic heterocycles. The number of halogens is 1. The molecule has 6 heteroatoms. The van der Waals surface area contributed by atoms with Crippen molar-refractivity contribution in [2.75, 3.05) is 0 Å². The number of hydrogen-bond acceptors (Lipinski definition) is 4. The highest BCUT2D eigenvalue weighted by Crippen LogP contribution is 2.01. The van der Waals surface area contributed by atoms with Gasteiger partial charge < -0.3 is 9.72 Å². The number of aromatic nitrogens is 2. The van der Waals surface area contributed by atoms with Crippen molar-refractivity contribution in [3.05, 3.63) is 27.4 Å². The third-order valence-electron chi connectivity index (χ3n) is 1.44. The van der Waals surface area contributed by atoms with Gasteiger partial charge in [-0.15, -0.1) is 0 Å². The Morgan fingerprint density at radius 3 is 2.87 bits per heavy atom. The molecule has 0 saturated carbocycles. The number of H-pyrrole nitrogens is 1. The first kappa shape index (κ1) is 11.7. The van der Waals surface area contributed by atoms with Crippen LogP contribution in [-0.4, -0.2) is 22.0 Å². The van der Waals surface area contributed by atoms with Crippen LogP contribution in [0.1, 0.15) is 19.7 Å². The molecule has 0 aliphatic carbocycles. The van der Waals surface area contributed by atoms with Crippen LogP contribution >= 0.6 is 11.6 Å². The van der Waals surface area contributed by atoms with Crippen LogP contribution in [0.4, 0.5) is 0 Å². The van der Waals surface area contributed by atoms with Crippen LogP contribution in [0.3, 0.4) is 0 Å². The first-order valence-corrected chi connectivity index (χ1v) is 4.80. The van der Waals surface area contributed by atoms with Gasteiger partial charge in [0.25, 0.3) is 5.56 Å². The molecular weight excluding hydrogens is 220 g/mol. The van der Waals surface area contributed by atoms with Gasteiger partial charge in [0.05, 0.1) is 6.10 Å². The Morgan fingerprint density at radius 1 is 1.67 bits per heavy atom. The number of carbonyl (C=O) groups is 1. The molecule has 0 spiro atoms. The predicted octanol–water partition coefficient (Wildman–Crippen LogP) is 0.917. The molecule has 1 heterocycles. The van der Waals surface area contributed by atoms with E-state index in [2.05, 4.69) is 9.97 Å². The van der Waals surface area contributed by atoms with Crippen LogP contribution in [0.5, 0.6) is 0 Å². The van der Waals surface area contributed by atoms with Crippen LogP contribution < -0.4 is 5.56 Å². The summed E-state index contributed by atoms with van der Waals surface area (Å²) in [5.74, 6) is -0.242. The topological polar surface area (TPSA) is 72.0 Å². The number of esters is 1. The average Bonchev–Trinajstić information content (AvgIpc) is 1.98. The quantitative estimate of drug-likeness (QED) is 0.619. The molecule has 15 heavy (non-hydrogen) atoms. The number of carbonyl (C=O) groups excluding carboxylic acids is 1. The molecule has 0 atom stereocenters. The van der Waals surface area contributed by atoms with Crippen LogP contribution in [0, 0.1) is 0 Å². The molecule has 0 radical (unpaired) electrons. The summed E-state index contributed by atoms with van der Waals surface area (Å²) < 4.78 is 4.89. The molecule has 0 aliphatic rings. The third kappa shape index (κ3) is 4.12. The van der Waals surface area contributed by atoms with Crippen molar-refractivity contribution in [1.82, 2.24) is 9.97 Å². The SMILES string of the molecule is CC(C)OC(=O)Cc1nc(Cl)cc(=O)[nH]1. The standard InChI is InChI=1S/C9H11ClN2O3/c1-5(2)15-9(14)4-7-11-6(10)3-8(13)12-7/h3,5H,4H2,1-2H3,(H,11,12,13). The van der Waals surface area contributed by atoms with E-state index in [-0.39, 0.29) is 29.1 Å². The molecule has 5 nitrogen and oxygen atoms in total. The van der Waals surface area contributed by atoms with Crippen LogP contribution in [0.15, 0.2) is 10.9 Å². The summed E-state index contributed by atoms with van der Waals surface area (Å²) in [6.07, 6.45) is -0.281. The fourth-order valence-electron chi connectivity index (χ4n) is 1.00. The molecule has 1 aromatic rings. The summed E-state index contributed by atoms with van der Waals surface area (Å²) in [7, 11) is 0. The first-order valence-electron chi connectivity index (χ1n) is 4.42. The molecule has 1 rings (SSSR count). The van der Waals surface area contributed by atoms with Crippen molar-refractivity contribution in [3.8, 4) is 0 Å². The van der Waals surface area contributed by atoms with E-state index in [0.717, 1.165) is 6.07 Å². The van der Waals surface area contributed by atoms with E-state index >= 15 is 0 Å². The second-order valence-corrected chi connectivity index (χ2v) is 3.62. The minimum atomic E-state index is -0.449. The van der Waals surface area contributed by atoms with Gasteiger partial charge in [-0.05, 0) is 13.8 Å². The van der Waals surface area contributed by atoms with Gasteiger partial charge in [0, 0.05) is 6.07 Å². The van der Waals surface area contributed by atoms with Crippen molar-refractivity contribution in [2.24, 2.45) is 0 Å². The fourth-order valence-corrected chi connectivity index (χ4v) is 1.20. The molecule has 82 valence electrons. The molecule has 0 unspecified atom stereocenters. The highest BCUT2D eigenvalue weighted by atomic mass is 35.5.